The largest absolute Gasteiger partial charge is 0.465 e. The number of benzene rings is 1. The molecule has 20 heavy (non-hydrogen) atoms. The van der Waals surface area contributed by atoms with Crippen LogP contribution >= 0.6 is 0 Å². The monoisotopic (exact) mass is 276 g/mol. The number of carbonyl (C=O) groups excluding carboxylic acids is 2. The van der Waals surface area contributed by atoms with E-state index in [4.69, 9.17) is 10.5 Å². The molecule has 0 spiro atoms. The fourth-order valence-corrected chi connectivity index (χ4v) is 2.54. The van der Waals surface area contributed by atoms with Gasteiger partial charge in [0.2, 0.25) is 5.91 Å². The standard InChI is InChI=1S/C15H20N2O3/c1-20-14(19)11-5-2-3-6-12(11)17-13(18)9-15(10-16)7-4-8-15/h2-3,5-6H,4,7-10,16H2,1H3,(H,17,18). The molecule has 1 aromatic carbocycles. The fourth-order valence-electron chi connectivity index (χ4n) is 2.54. The van der Waals surface area contributed by atoms with Crippen LogP contribution in [0.25, 0.3) is 0 Å². The van der Waals surface area contributed by atoms with Crippen LogP contribution in [0.5, 0.6) is 0 Å². The summed E-state index contributed by atoms with van der Waals surface area (Å²) in [6, 6.07) is 6.82. The van der Waals surface area contributed by atoms with Crippen LogP contribution in [0.3, 0.4) is 0 Å². The van der Waals surface area contributed by atoms with Gasteiger partial charge in [-0.2, -0.15) is 0 Å². The van der Waals surface area contributed by atoms with Crippen LogP contribution in [0.1, 0.15) is 36.0 Å². The molecule has 1 amide bonds. The number of amides is 1. The summed E-state index contributed by atoms with van der Waals surface area (Å²) < 4.78 is 4.70. The van der Waals surface area contributed by atoms with Gasteiger partial charge in [0.05, 0.1) is 18.4 Å². The van der Waals surface area contributed by atoms with E-state index in [0.717, 1.165) is 19.3 Å². The van der Waals surface area contributed by atoms with E-state index < -0.39 is 5.97 Å². The van der Waals surface area contributed by atoms with E-state index in [0.29, 0.717) is 24.2 Å². The maximum absolute atomic E-state index is 12.1. The first-order valence-electron chi connectivity index (χ1n) is 6.77. The van der Waals surface area contributed by atoms with Crippen LogP contribution in [0.2, 0.25) is 0 Å². The molecule has 1 fully saturated rings. The molecule has 0 radical (unpaired) electrons. The van der Waals surface area contributed by atoms with E-state index in [2.05, 4.69) is 5.32 Å². The van der Waals surface area contributed by atoms with Crippen molar-refractivity contribution in [3.8, 4) is 0 Å². The Morgan fingerprint density at radius 1 is 1.35 bits per heavy atom. The lowest BCUT2D eigenvalue weighted by Gasteiger charge is -2.40. The number of rotatable bonds is 5. The Kier molecular flexibility index (Phi) is 4.39. The summed E-state index contributed by atoms with van der Waals surface area (Å²) in [5.74, 6) is -0.565. The lowest BCUT2D eigenvalue weighted by molar-refractivity contribution is -0.119. The van der Waals surface area contributed by atoms with Gasteiger partial charge in [0.1, 0.15) is 0 Å². The first-order chi connectivity index (χ1) is 9.60. The summed E-state index contributed by atoms with van der Waals surface area (Å²) in [4.78, 5) is 23.8. The van der Waals surface area contributed by atoms with Gasteiger partial charge >= 0.3 is 5.97 Å². The third kappa shape index (κ3) is 2.99. The van der Waals surface area contributed by atoms with Gasteiger partial charge in [-0.25, -0.2) is 4.79 Å². The molecular weight excluding hydrogens is 256 g/mol. The van der Waals surface area contributed by atoms with Crippen LogP contribution in [-0.2, 0) is 9.53 Å². The predicted octanol–water partition coefficient (Wildman–Crippen LogP) is 1.93. The van der Waals surface area contributed by atoms with E-state index in [1.54, 1.807) is 24.3 Å². The highest BCUT2D eigenvalue weighted by atomic mass is 16.5. The number of para-hydroxylation sites is 1. The Balaban J connectivity index is 2.06. The Morgan fingerprint density at radius 3 is 2.60 bits per heavy atom. The maximum atomic E-state index is 12.1. The first kappa shape index (κ1) is 14.5. The molecule has 2 rings (SSSR count). The fraction of sp³-hybridized carbons (Fsp3) is 0.467. The zero-order chi connectivity index (χ0) is 14.6. The van der Waals surface area contributed by atoms with Gasteiger partial charge in [0.15, 0.2) is 0 Å². The van der Waals surface area contributed by atoms with E-state index in [-0.39, 0.29) is 11.3 Å². The topological polar surface area (TPSA) is 81.4 Å². The van der Waals surface area contributed by atoms with Crippen LogP contribution in [-0.4, -0.2) is 25.5 Å². The molecule has 0 bridgehead atoms. The van der Waals surface area contributed by atoms with Gasteiger partial charge in [0, 0.05) is 6.42 Å². The minimum atomic E-state index is -0.460. The number of hydrogen-bond acceptors (Lipinski definition) is 4. The molecule has 5 nitrogen and oxygen atoms in total. The summed E-state index contributed by atoms with van der Waals surface area (Å²) in [5.41, 5.74) is 6.55. The van der Waals surface area contributed by atoms with Crippen molar-refractivity contribution < 1.29 is 14.3 Å². The van der Waals surface area contributed by atoms with Crippen molar-refractivity contribution in [1.29, 1.82) is 0 Å². The summed E-state index contributed by atoms with van der Waals surface area (Å²) in [6.07, 6.45) is 3.52. The second-order valence-electron chi connectivity index (χ2n) is 5.32. The van der Waals surface area contributed by atoms with Crippen LogP contribution in [0.15, 0.2) is 24.3 Å². The zero-order valence-electron chi connectivity index (χ0n) is 11.6. The van der Waals surface area contributed by atoms with Gasteiger partial charge in [-0.15, -0.1) is 0 Å². The van der Waals surface area contributed by atoms with E-state index >= 15 is 0 Å². The molecule has 0 heterocycles. The van der Waals surface area contributed by atoms with Crippen molar-refractivity contribution in [2.75, 3.05) is 19.0 Å². The van der Waals surface area contributed by atoms with Gasteiger partial charge in [-0.05, 0) is 36.9 Å². The molecule has 0 saturated heterocycles. The molecule has 5 heteroatoms. The molecule has 0 aliphatic heterocycles. The number of nitrogens with two attached hydrogens (primary N) is 1. The third-order valence-electron chi connectivity index (χ3n) is 3.99. The molecule has 1 aromatic rings. The van der Waals surface area contributed by atoms with Crippen molar-refractivity contribution in [2.24, 2.45) is 11.1 Å². The smallest absolute Gasteiger partial charge is 0.339 e. The molecule has 108 valence electrons. The highest BCUT2D eigenvalue weighted by Crippen LogP contribution is 2.43. The highest BCUT2D eigenvalue weighted by Gasteiger charge is 2.37. The molecule has 1 aliphatic carbocycles. The highest BCUT2D eigenvalue weighted by molar-refractivity contribution is 6.01. The average molecular weight is 276 g/mol. The quantitative estimate of drug-likeness (QED) is 0.805. The Bertz CT molecular complexity index is 504. The number of anilines is 1. The van der Waals surface area contributed by atoms with Gasteiger partial charge in [-0.1, -0.05) is 18.6 Å². The summed E-state index contributed by atoms with van der Waals surface area (Å²) in [6.45, 7) is 0.527. The van der Waals surface area contributed by atoms with Crippen LogP contribution < -0.4 is 11.1 Å². The molecule has 0 atom stereocenters. The third-order valence-corrected chi connectivity index (χ3v) is 3.99. The van der Waals surface area contributed by atoms with Gasteiger partial charge in [-0.3, -0.25) is 4.79 Å². The molecule has 3 N–H and O–H groups in total. The molecule has 0 unspecified atom stereocenters. The predicted molar refractivity (Wildman–Crippen MR) is 76.4 cm³/mol. The number of methoxy groups -OCH3 is 1. The number of ether oxygens (including phenoxy) is 1. The Labute approximate surface area is 118 Å². The van der Waals surface area contributed by atoms with Gasteiger partial charge in [0.25, 0.3) is 0 Å². The maximum Gasteiger partial charge on any atom is 0.339 e. The second kappa shape index (κ2) is 6.05. The van der Waals surface area contributed by atoms with E-state index in [1.165, 1.54) is 7.11 Å². The van der Waals surface area contributed by atoms with Crippen LogP contribution in [0.4, 0.5) is 5.69 Å². The second-order valence-corrected chi connectivity index (χ2v) is 5.32. The number of carbonyl (C=O) groups is 2. The van der Waals surface area contributed by atoms with Crippen molar-refractivity contribution in [3.63, 3.8) is 0 Å². The van der Waals surface area contributed by atoms with Crippen molar-refractivity contribution in [3.05, 3.63) is 29.8 Å². The minimum absolute atomic E-state index is 0.0513. The van der Waals surface area contributed by atoms with Crippen molar-refractivity contribution in [1.82, 2.24) is 0 Å². The lowest BCUT2D eigenvalue weighted by atomic mass is 9.66. The summed E-state index contributed by atoms with van der Waals surface area (Å²) in [7, 11) is 1.32. The number of esters is 1. The van der Waals surface area contributed by atoms with Crippen LogP contribution in [0, 0.1) is 5.41 Å². The zero-order valence-corrected chi connectivity index (χ0v) is 11.6. The molecule has 1 aliphatic rings. The summed E-state index contributed by atoms with van der Waals surface area (Å²) in [5, 5.41) is 2.79. The number of nitrogens with one attached hydrogen (secondary N) is 1. The van der Waals surface area contributed by atoms with Gasteiger partial charge < -0.3 is 15.8 Å². The normalized spacial score (nSPS) is 16.1. The summed E-state index contributed by atoms with van der Waals surface area (Å²) >= 11 is 0. The molecule has 0 aromatic heterocycles. The average Bonchev–Trinajstić information content (AvgIpc) is 2.42. The molecular formula is C15H20N2O3. The van der Waals surface area contributed by atoms with E-state index in [1.807, 2.05) is 0 Å². The molecule has 1 saturated carbocycles. The van der Waals surface area contributed by atoms with Crippen molar-refractivity contribution >= 4 is 17.6 Å². The number of hydrogen-bond donors (Lipinski definition) is 2. The van der Waals surface area contributed by atoms with E-state index in [9.17, 15) is 9.59 Å². The Hall–Kier alpha value is -1.88. The SMILES string of the molecule is COC(=O)c1ccccc1NC(=O)CC1(CN)CCC1. The first-order valence-corrected chi connectivity index (χ1v) is 6.77. The van der Waals surface area contributed by atoms with Crippen molar-refractivity contribution in [2.45, 2.75) is 25.7 Å². The Morgan fingerprint density at radius 2 is 2.05 bits per heavy atom. The minimum Gasteiger partial charge on any atom is -0.465 e. The lowest BCUT2D eigenvalue weighted by Crippen LogP contribution is -2.40.